The van der Waals surface area contributed by atoms with E-state index in [1.165, 1.54) is 0 Å². The van der Waals surface area contributed by atoms with E-state index in [0.29, 0.717) is 23.0 Å². The molecule has 0 atom stereocenters. The van der Waals surface area contributed by atoms with Crippen LogP contribution < -0.4 is 4.74 Å². The molecule has 0 unspecified atom stereocenters. The van der Waals surface area contributed by atoms with Gasteiger partial charge in [-0.2, -0.15) is 4.98 Å². The van der Waals surface area contributed by atoms with Crippen LogP contribution in [0.3, 0.4) is 0 Å². The lowest BCUT2D eigenvalue weighted by atomic mass is 10.1. The van der Waals surface area contributed by atoms with Gasteiger partial charge in [-0.3, -0.25) is 0 Å². The van der Waals surface area contributed by atoms with E-state index >= 15 is 0 Å². The van der Waals surface area contributed by atoms with Crippen molar-refractivity contribution in [2.45, 2.75) is 0 Å². The number of hydrogen-bond donors (Lipinski definition) is 1. The van der Waals surface area contributed by atoms with Gasteiger partial charge >= 0.3 is 0 Å². The van der Waals surface area contributed by atoms with Gasteiger partial charge in [-0.05, 0) is 47.5 Å². The van der Waals surface area contributed by atoms with Crippen molar-refractivity contribution in [3.63, 3.8) is 0 Å². The van der Waals surface area contributed by atoms with Gasteiger partial charge in [-0.15, -0.1) is 0 Å². The second-order valence-electron chi connectivity index (χ2n) is 6.88. The Kier molecular flexibility index (Phi) is 4.58. The van der Waals surface area contributed by atoms with Gasteiger partial charge in [0.15, 0.2) is 5.82 Å². The fourth-order valence-corrected chi connectivity index (χ4v) is 3.37. The zero-order valence-electron chi connectivity index (χ0n) is 16.1. The molecule has 1 heterocycles. The van der Waals surface area contributed by atoms with Crippen LogP contribution >= 0.6 is 0 Å². The maximum absolute atomic E-state index is 10.2. The summed E-state index contributed by atoms with van der Waals surface area (Å²) in [5, 5.41) is 11.0. The second kappa shape index (κ2) is 7.68. The largest absolute Gasteiger partial charge is 0.507 e. The van der Waals surface area contributed by atoms with Gasteiger partial charge < -0.3 is 9.84 Å². The number of ether oxygens (including phenoxy) is 1. The molecule has 1 aromatic heterocycles. The minimum atomic E-state index is 0.131. The van der Waals surface area contributed by atoms with E-state index in [1.54, 1.807) is 18.2 Å². The number of aromatic hydroxyl groups is 1. The summed E-state index contributed by atoms with van der Waals surface area (Å²) >= 11 is 0. The van der Waals surface area contributed by atoms with E-state index in [1.807, 2.05) is 72.8 Å². The Morgan fingerprint density at radius 2 is 1.27 bits per heavy atom. The molecule has 144 valence electrons. The molecule has 1 N–H and O–H groups in total. The van der Waals surface area contributed by atoms with Gasteiger partial charge in [0.25, 0.3) is 0 Å². The molecule has 4 heteroatoms. The molecule has 0 amide bonds. The molecule has 0 aliphatic heterocycles. The summed E-state index contributed by atoms with van der Waals surface area (Å²) in [5.41, 5.74) is 3.58. The minimum Gasteiger partial charge on any atom is -0.507 e. The number of nitrogens with zero attached hydrogens (tertiary/aromatic N) is 2. The number of aromatic nitrogens is 2. The Bertz CT molecular complexity index is 1320. The SMILES string of the molecule is Oc1ccccc1-c1nc(Oc2ccc(-c3ccccc3)cc2)c2ccccc2n1. The van der Waals surface area contributed by atoms with E-state index in [0.717, 1.165) is 22.0 Å². The molecule has 0 saturated heterocycles. The summed E-state index contributed by atoms with van der Waals surface area (Å²) in [6, 6.07) is 32.8. The predicted molar refractivity (Wildman–Crippen MR) is 119 cm³/mol. The Hall–Kier alpha value is -4.18. The van der Waals surface area contributed by atoms with Gasteiger partial charge in [0.2, 0.25) is 5.88 Å². The van der Waals surface area contributed by atoms with Gasteiger partial charge in [0.05, 0.1) is 16.5 Å². The molecule has 4 nitrogen and oxygen atoms in total. The summed E-state index contributed by atoms with van der Waals surface area (Å²) in [6.07, 6.45) is 0. The van der Waals surface area contributed by atoms with Gasteiger partial charge in [0.1, 0.15) is 11.5 Å². The van der Waals surface area contributed by atoms with Crippen molar-refractivity contribution in [3.8, 4) is 39.9 Å². The number of benzene rings is 4. The van der Waals surface area contributed by atoms with Crippen LogP contribution in [0.5, 0.6) is 17.4 Å². The fraction of sp³-hybridized carbons (Fsp3) is 0. The average molecular weight is 390 g/mol. The number of phenols is 1. The minimum absolute atomic E-state index is 0.131. The van der Waals surface area contributed by atoms with Crippen molar-refractivity contribution in [3.05, 3.63) is 103 Å². The van der Waals surface area contributed by atoms with Crippen LogP contribution in [0.2, 0.25) is 0 Å². The lowest BCUT2D eigenvalue weighted by Gasteiger charge is -2.11. The first-order valence-electron chi connectivity index (χ1n) is 9.66. The zero-order valence-corrected chi connectivity index (χ0v) is 16.1. The normalized spacial score (nSPS) is 10.8. The molecule has 0 fully saturated rings. The molecule has 5 aromatic rings. The molecule has 4 aromatic carbocycles. The summed E-state index contributed by atoms with van der Waals surface area (Å²) in [4.78, 5) is 9.23. The molecule has 0 saturated carbocycles. The highest BCUT2D eigenvalue weighted by atomic mass is 16.5. The summed E-state index contributed by atoms with van der Waals surface area (Å²) in [6.45, 7) is 0. The highest BCUT2D eigenvalue weighted by Gasteiger charge is 2.13. The Balaban J connectivity index is 1.54. The molecular weight excluding hydrogens is 372 g/mol. The van der Waals surface area contributed by atoms with Gasteiger partial charge in [-0.1, -0.05) is 66.7 Å². The van der Waals surface area contributed by atoms with E-state index in [4.69, 9.17) is 4.74 Å². The van der Waals surface area contributed by atoms with E-state index < -0.39 is 0 Å². The van der Waals surface area contributed by atoms with Crippen molar-refractivity contribution in [1.29, 1.82) is 0 Å². The first-order chi connectivity index (χ1) is 14.8. The third-order valence-corrected chi connectivity index (χ3v) is 4.89. The predicted octanol–water partition coefficient (Wildman–Crippen LogP) is 6.46. The lowest BCUT2D eigenvalue weighted by Crippen LogP contribution is -1.96. The number of rotatable bonds is 4. The third-order valence-electron chi connectivity index (χ3n) is 4.89. The topological polar surface area (TPSA) is 55.2 Å². The van der Waals surface area contributed by atoms with Crippen LogP contribution in [0.1, 0.15) is 0 Å². The van der Waals surface area contributed by atoms with Crippen molar-refractivity contribution < 1.29 is 9.84 Å². The van der Waals surface area contributed by atoms with Crippen LogP contribution in [-0.4, -0.2) is 15.1 Å². The molecule has 0 spiro atoms. The van der Waals surface area contributed by atoms with Crippen molar-refractivity contribution in [2.75, 3.05) is 0 Å². The van der Waals surface area contributed by atoms with Crippen LogP contribution in [0, 0.1) is 0 Å². The lowest BCUT2D eigenvalue weighted by molar-refractivity contribution is 0.467. The molecule has 30 heavy (non-hydrogen) atoms. The smallest absolute Gasteiger partial charge is 0.230 e. The highest BCUT2D eigenvalue weighted by Crippen LogP contribution is 2.33. The van der Waals surface area contributed by atoms with Crippen molar-refractivity contribution in [1.82, 2.24) is 9.97 Å². The van der Waals surface area contributed by atoms with E-state index in [-0.39, 0.29) is 5.75 Å². The van der Waals surface area contributed by atoms with Crippen molar-refractivity contribution >= 4 is 10.9 Å². The quantitative estimate of drug-likeness (QED) is 0.382. The molecular formula is C26H18N2O2. The van der Waals surface area contributed by atoms with Crippen LogP contribution in [-0.2, 0) is 0 Å². The molecule has 0 bridgehead atoms. The van der Waals surface area contributed by atoms with E-state index in [2.05, 4.69) is 22.1 Å². The van der Waals surface area contributed by atoms with Gasteiger partial charge in [0, 0.05) is 0 Å². The molecule has 5 rings (SSSR count). The van der Waals surface area contributed by atoms with Crippen LogP contribution in [0.4, 0.5) is 0 Å². The highest BCUT2D eigenvalue weighted by molar-refractivity contribution is 5.86. The standard InChI is InChI=1S/C26H18N2O2/c29-24-13-7-5-11-22(24)25-27-23-12-6-4-10-21(23)26(28-25)30-20-16-14-19(15-17-20)18-8-2-1-3-9-18/h1-17,29H. The third kappa shape index (κ3) is 3.47. The maximum Gasteiger partial charge on any atom is 0.230 e. The molecule has 0 radical (unpaired) electrons. The Labute approximate surface area is 174 Å². The molecule has 0 aliphatic carbocycles. The van der Waals surface area contributed by atoms with Crippen molar-refractivity contribution in [2.24, 2.45) is 0 Å². The molecule has 0 aliphatic rings. The number of para-hydroxylation sites is 2. The maximum atomic E-state index is 10.2. The second-order valence-corrected chi connectivity index (χ2v) is 6.88. The monoisotopic (exact) mass is 390 g/mol. The zero-order chi connectivity index (χ0) is 20.3. The van der Waals surface area contributed by atoms with E-state index in [9.17, 15) is 5.11 Å². The first kappa shape index (κ1) is 17.9. The fourth-order valence-electron chi connectivity index (χ4n) is 3.37. The first-order valence-corrected chi connectivity index (χ1v) is 9.66. The number of fused-ring (bicyclic) bond motifs is 1. The van der Waals surface area contributed by atoms with Gasteiger partial charge in [-0.25, -0.2) is 4.98 Å². The number of phenolic OH excluding ortho intramolecular Hbond substituents is 1. The van der Waals surface area contributed by atoms with Crippen LogP contribution in [0.25, 0.3) is 33.4 Å². The summed E-state index contributed by atoms with van der Waals surface area (Å²) in [5.74, 6) is 1.68. The Morgan fingerprint density at radius 1 is 0.600 bits per heavy atom. The van der Waals surface area contributed by atoms with Crippen LogP contribution in [0.15, 0.2) is 103 Å². The summed E-state index contributed by atoms with van der Waals surface area (Å²) in [7, 11) is 0. The summed E-state index contributed by atoms with van der Waals surface area (Å²) < 4.78 is 6.15. The average Bonchev–Trinajstić information content (AvgIpc) is 2.80. The number of hydrogen-bond acceptors (Lipinski definition) is 4. The Morgan fingerprint density at radius 3 is 2.07 bits per heavy atom.